The maximum Gasteiger partial charge on any atom is 0.308 e. The van der Waals surface area contributed by atoms with Crippen molar-refractivity contribution in [1.82, 2.24) is 0 Å². The Labute approximate surface area is 175 Å². The van der Waals surface area contributed by atoms with Crippen LogP contribution in [0.15, 0.2) is 83.9 Å². The molecular weight excluding hydrogens is 376 g/mol. The van der Waals surface area contributed by atoms with E-state index in [0.29, 0.717) is 17.9 Å². The number of para-hydroxylation sites is 3. The molecule has 4 rings (SSSR count). The number of carbonyl (C=O) groups excluding carboxylic acids is 2. The lowest BCUT2D eigenvalue weighted by atomic mass is 9.95. The highest BCUT2D eigenvalue weighted by atomic mass is 16.5. The van der Waals surface area contributed by atoms with Crippen molar-refractivity contribution in [3.63, 3.8) is 0 Å². The van der Waals surface area contributed by atoms with Gasteiger partial charge in [0.15, 0.2) is 0 Å². The van der Waals surface area contributed by atoms with Crippen LogP contribution in [-0.4, -0.2) is 17.6 Å². The Hall–Kier alpha value is -3.73. The zero-order valence-electron chi connectivity index (χ0n) is 16.9. The minimum Gasteiger partial charge on any atom is -0.426 e. The number of hydrogen-bond donors (Lipinski definition) is 0. The van der Waals surface area contributed by atoms with Crippen molar-refractivity contribution in [2.24, 2.45) is 4.99 Å². The van der Waals surface area contributed by atoms with E-state index in [1.165, 1.54) is 6.92 Å². The second kappa shape index (κ2) is 8.33. The van der Waals surface area contributed by atoms with Gasteiger partial charge in [0.1, 0.15) is 5.75 Å². The van der Waals surface area contributed by atoms with Gasteiger partial charge in [-0.25, -0.2) is 0 Å². The maximum absolute atomic E-state index is 12.8. The summed E-state index contributed by atoms with van der Waals surface area (Å²) in [6, 6.07) is 24.7. The van der Waals surface area contributed by atoms with Gasteiger partial charge in [0.05, 0.1) is 23.1 Å². The Bertz CT molecular complexity index is 1120. The van der Waals surface area contributed by atoms with Gasteiger partial charge in [-0.2, -0.15) is 0 Å². The van der Waals surface area contributed by atoms with Gasteiger partial charge in [0.25, 0.3) is 0 Å². The van der Waals surface area contributed by atoms with Gasteiger partial charge < -0.3 is 9.64 Å². The van der Waals surface area contributed by atoms with E-state index in [1.54, 1.807) is 17.9 Å². The predicted octanol–water partition coefficient (Wildman–Crippen LogP) is 5.23. The number of ether oxygens (including phenoxy) is 1. The molecule has 1 amide bonds. The number of carbonyl (C=O) groups is 2. The average Bonchev–Trinajstić information content (AvgIpc) is 2.91. The number of nitrogens with zero attached hydrogens (tertiary/aromatic N) is 2. The molecule has 0 aliphatic carbocycles. The fourth-order valence-corrected chi connectivity index (χ4v) is 3.85. The SMILES string of the molecule is CC(=O)Oc1ccccc1C1=Nc2ccccc2N(C(C)=O)C(c2ccccc2)C1. The molecule has 1 aliphatic rings. The van der Waals surface area contributed by atoms with E-state index in [1.807, 2.05) is 72.8 Å². The minimum absolute atomic E-state index is 0.0546. The molecule has 150 valence electrons. The fraction of sp³-hybridized carbons (Fsp3) is 0.160. The smallest absolute Gasteiger partial charge is 0.308 e. The summed E-state index contributed by atoms with van der Waals surface area (Å²) in [6.45, 7) is 2.95. The molecule has 0 radical (unpaired) electrons. The second-order valence-electron chi connectivity index (χ2n) is 7.16. The van der Waals surface area contributed by atoms with Crippen molar-refractivity contribution < 1.29 is 14.3 Å². The second-order valence-corrected chi connectivity index (χ2v) is 7.16. The molecule has 0 bridgehead atoms. The Kier molecular flexibility index (Phi) is 5.44. The van der Waals surface area contributed by atoms with Crippen LogP contribution in [0.3, 0.4) is 0 Å². The van der Waals surface area contributed by atoms with Gasteiger partial charge in [0.2, 0.25) is 5.91 Å². The van der Waals surface area contributed by atoms with Gasteiger partial charge in [-0.1, -0.05) is 54.6 Å². The van der Waals surface area contributed by atoms with Gasteiger partial charge >= 0.3 is 5.97 Å². The number of fused-ring (bicyclic) bond motifs is 1. The van der Waals surface area contributed by atoms with Crippen molar-refractivity contribution in [2.75, 3.05) is 4.90 Å². The summed E-state index contributed by atoms with van der Waals surface area (Å²) in [5.74, 6) is 0.0207. The first-order chi connectivity index (χ1) is 14.5. The normalized spacial score (nSPS) is 15.6. The molecule has 1 heterocycles. The molecule has 0 saturated carbocycles. The number of hydrogen-bond acceptors (Lipinski definition) is 4. The lowest BCUT2D eigenvalue weighted by Gasteiger charge is -2.30. The van der Waals surface area contributed by atoms with Gasteiger partial charge in [-0.3, -0.25) is 14.6 Å². The monoisotopic (exact) mass is 398 g/mol. The van der Waals surface area contributed by atoms with E-state index < -0.39 is 0 Å². The lowest BCUT2D eigenvalue weighted by Crippen LogP contribution is -2.33. The van der Waals surface area contributed by atoms with Crippen LogP contribution >= 0.6 is 0 Å². The number of esters is 1. The first-order valence-electron chi connectivity index (χ1n) is 9.83. The van der Waals surface area contributed by atoms with Crippen LogP contribution in [0, 0.1) is 0 Å². The number of rotatable bonds is 3. The number of benzene rings is 3. The molecule has 0 aromatic heterocycles. The molecule has 5 nitrogen and oxygen atoms in total. The van der Waals surface area contributed by atoms with E-state index in [4.69, 9.17) is 9.73 Å². The van der Waals surface area contributed by atoms with Crippen molar-refractivity contribution >= 4 is 29.0 Å². The first kappa shape index (κ1) is 19.6. The third-order valence-electron chi connectivity index (χ3n) is 5.07. The molecule has 1 aliphatic heterocycles. The van der Waals surface area contributed by atoms with Crippen LogP contribution in [-0.2, 0) is 9.59 Å². The molecule has 0 fully saturated rings. The van der Waals surface area contributed by atoms with Gasteiger partial charge in [-0.15, -0.1) is 0 Å². The third-order valence-corrected chi connectivity index (χ3v) is 5.07. The Morgan fingerprint density at radius 3 is 2.30 bits per heavy atom. The molecule has 0 spiro atoms. The highest BCUT2D eigenvalue weighted by Gasteiger charge is 2.31. The van der Waals surface area contributed by atoms with E-state index in [9.17, 15) is 9.59 Å². The van der Waals surface area contributed by atoms with Crippen LogP contribution in [0.1, 0.15) is 37.4 Å². The lowest BCUT2D eigenvalue weighted by molar-refractivity contribution is -0.131. The summed E-state index contributed by atoms with van der Waals surface area (Å²) in [4.78, 5) is 31.1. The van der Waals surface area contributed by atoms with Crippen molar-refractivity contribution in [3.8, 4) is 5.75 Å². The Morgan fingerprint density at radius 2 is 1.57 bits per heavy atom. The first-order valence-corrected chi connectivity index (χ1v) is 9.83. The summed E-state index contributed by atoms with van der Waals surface area (Å²) < 4.78 is 5.44. The van der Waals surface area contributed by atoms with Gasteiger partial charge in [-0.05, 0) is 29.8 Å². The summed E-state index contributed by atoms with van der Waals surface area (Å²) in [5.41, 5.74) is 3.99. The number of amides is 1. The van der Waals surface area contributed by atoms with Crippen molar-refractivity contribution in [3.05, 3.63) is 90.0 Å². The minimum atomic E-state index is -0.387. The summed E-state index contributed by atoms with van der Waals surface area (Å²) in [5, 5.41) is 0. The van der Waals surface area contributed by atoms with Crippen LogP contribution < -0.4 is 9.64 Å². The van der Waals surface area contributed by atoms with E-state index >= 15 is 0 Å². The molecule has 1 unspecified atom stereocenters. The summed E-state index contributed by atoms with van der Waals surface area (Å²) in [6.07, 6.45) is 0.483. The van der Waals surface area contributed by atoms with E-state index in [0.717, 1.165) is 22.5 Å². The molecule has 1 atom stereocenters. The van der Waals surface area contributed by atoms with Crippen LogP contribution in [0.5, 0.6) is 5.75 Å². The third kappa shape index (κ3) is 3.87. The van der Waals surface area contributed by atoms with Crippen LogP contribution in [0.2, 0.25) is 0 Å². The molecule has 0 N–H and O–H groups in total. The van der Waals surface area contributed by atoms with Crippen LogP contribution in [0.25, 0.3) is 0 Å². The highest BCUT2D eigenvalue weighted by Crippen LogP contribution is 2.41. The quantitative estimate of drug-likeness (QED) is 0.448. The molecule has 3 aromatic carbocycles. The Morgan fingerprint density at radius 1 is 0.900 bits per heavy atom. The van der Waals surface area contributed by atoms with Gasteiger partial charge in [0, 0.05) is 25.8 Å². The van der Waals surface area contributed by atoms with Crippen LogP contribution in [0.4, 0.5) is 11.4 Å². The average molecular weight is 398 g/mol. The summed E-state index contributed by atoms with van der Waals surface area (Å²) in [7, 11) is 0. The molecule has 0 saturated heterocycles. The van der Waals surface area contributed by atoms with Crippen molar-refractivity contribution in [2.45, 2.75) is 26.3 Å². The Balaban J connectivity index is 1.91. The summed E-state index contributed by atoms with van der Waals surface area (Å²) >= 11 is 0. The number of anilines is 1. The highest BCUT2D eigenvalue weighted by molar-refractivity contribution is 6.08. The largest absolute Gasteiger partial charge is 0.426 e. The molecule has 5 heteroatoms. The zero-order chi connectivity index (χ0) is 21.1. The topological polar surface area (TPSA) is 59.0 Å². The molecular formula is C25H22N2O3. The zero-order valence-corrected chi connectivity index (χ0v) is 16.9. The molecule has 30 heavy (non-hydrogen) atoms. The van der Waals surface area contributed by atoms with Crippen molar-refractivity contribution in [1.29, 1.82) is 0 Å². The predicted molar refractivity (Wildman–Crippen MR) is 117 cm³/mol. The number of aliphatic imine (C=N–C) groups is 1. The van der Waals surface area contributed by atoms with E-state index in [2.05, 4.69) is 0 Å². The standard InChI is InChI=1S/C25H22N2O3/c1-17(28)27-23-14-8-7-13-21(23)26-22(16-24(27)19-10-4-3-5-11-19)20-12-6-9-15-25(20)30-18(2)29/h3-15,24H,16H2,1-2H3. The van der Waals surface area contributed by atoms with E-state index in [-0.39, 0.29) is 17.9 Å². The fourth-order valence-electron chi connectivity index (χ4n) is 3.85. The molecule has 3 aromatic rings. The maximum atomic E-state index is 12.8.